The van der Waals surface area contributed by atoms with Crippen LogP contribution in [-0.4, -0.2) is 50.0 Å². The lowest BCUT2D eigenvalue weighted by molar-refractivity contribution is -0.140. The fraction of sp³-hybridized carbons (Fsp3) is 0.833. The first-order valence-corrected chi connectivity index (χ1v) is 6.37. The zero-order valence-electron chi connectivity index (χ0n) is 11.7. The van der Waals surface area contributed by atoms with Gasteiger partial charge in [-0.3, -0.25) is 20.4 Å². The van der Waals surface area contributed by atoms with E-state index in [0.29, 0.717) is 0 Å². The lowest BCUT2D eigenvalue weighted by Gasteiger charge is -2.31. The highest BCUT2D eigenvalue weighted by molar-refractivity contribution is 5.87. The molecule has 18 heavy (non-hydrogen) atoms. The summed E-state index contributed by atoms with van der Waals surface area (Å²) in [5, 5.41) is 3.25. The van der Waals surface area contributed by atoms with Crippen molar-refractivity contribution >= 4 is 11.8 Å². The number of hydrogen-bond donors (Lipinski definition) is 2. The van der Waals surface area contributed by atoms with Gasteiger partial charge in [-0.05, 0) is 12.8 Å². The Labute approximate surface area is 109 Å². The van der Waals surface area contributed by atoms with E-state index in [2.05, 4.69) is 10.9 Å². The molecule has 2 atom stereocenters. The quantitative estimate of drug-likeness (QED) is 0.694. The smallest absolute Gasteiger partial charge is 0.238 e. The molecular weight excluding hydrogens is 232 g/mol. The highest BCUT2D eigenvalue weighted by Gasteiger charge is 2.36. The molecule has 0 spiro atoms. The Kier molecular flexibility index (Phi) is 5.55. The molecule has 2 N–H and O–H groups in total. The Morgan fingerprint density at radius 3 is 1.44 bits per heavy atom. The summed E-state index contributed by atoms with van der Waals surface area (Å²) in [4.78, 5) is 24.1. The zero-order valence-corrected chi connectivity index (χ0v) is 11.7. The first-order chi connectivity index (χ1) is 8.41. The summed E-state index contributed by atoms with van der Waals surface area (Å²) in [5.41, 5.74) is 5.50. The van der Waals surface area contributed by atoms with E-state index in [1.165, 1.54) is 0 Å². The Morgan fingerprint density at radius 1 is 0.833 bits per heavy atom. The summed E-state index contributed by atoms with van der Waals surface area (Å²) >= 11 is 0. The van der Waals surface area contributed by atoms with Crippen LogP contribution in [0.2, 0.25) is 0 Å². The normalized spacial score (nSPS) is 24.1. The molecule has 0 aromatic rings. The highest BCUT2D eigenvalue weighted by Crippen LogP contribution is 2.30. The van der Waals surface area contributed by atoms with Crippen LogP contribution >= 0.6 is 0 Å². The maximum atomic E-state index is 12.1. The van der Waals surface area contributed by atoms with Gasteiger partial charge in [0.2, 0.25) is 11.8 Å². The van der Waals surface area contributed by atoms with Gasteiger partial charge < -0.3 is 0 Å². The van der Waals surface area contributed by atoms with Crippen LogP contribution in [0.4, 0.5) is 0 Å². The molecule has 1 rings (SSSR count). The molecule has 1 saturated carbocycles. The lowest BCUT2D eigenvalue weighted by atomic mass is 9.78. The third kappa shape index (κ3) is 4.27. The number of nitrogens with one attached hydrogen (secondary N) is 2. The van der Waals surface area contributed by atoms with Crippen LogP contribution in [0.5, 0.6) is 0 Å². The van der Waals surface area contributed by atoms with Crippen LogP contribution in [0.15, 0.2) is 0 Å². The predicted molar refractivity (Wildman–Crippen MR) is 69.1 cm³/mol. The van der Waals surface area contributed by atoms with Gasteiger partial charge >= 0.3 is 0 Å². The lowest BCUT2D eigenvalue weighted by Crippen LogP contribution is -2.49. The summed E-state index contributed by atoms with van der Waals surface area (Å²) in [6.45, 7) is 0. The van der Waals surface area contributed by atoms with Crippen molar-refractivity contribution in [3.63, 3.8) is 0 Å². The molecule has 0 unspecified atom stereocenters. The largest absolute Gasteiger partial charge is 0.289 e. The molecule has 2 amide bonds. The number of hydrogen-bond acceptors (Lipinski definition) is 4. The standard InChI is InChI=1S/C12H24N4O2/c1-15(2)13-11(17)9-7-5-6-8-10(9)12(18)14-16(3)4/h9-10H,5-8H2,1-4H3,(H,13,17)(H,14,18)/t9-,10-/m1/s1. The third-order valence-electron chi connectivity index (χ3n) is 3.11. The van der Waals surface area contributed by atoms with Gasteiger partial charge in [-0.1, -0.05) is 12.8 Å². The number of rotatable bonds is 4. The summed E-state index contributed by atoms with van der Waals surface area (Å²) in [7, 11) is 7.09. The Hall–Kier alpha value is -1.14. The SMILES string of the molecule is CN(C)NC(=O)[C@@H]1CCCC[C@H]1C(=O)NN(C)C. The van der Waals surface area contributed by atoms with Gasteiger partial charge in [0.15, 0.2) is 0 Å². The molecule has 0 bridgehead atoms. The molecule has 1 aliphatic carbocycles. The van der Waals surface area contributed by atoms with Gasteiger partial charge in [0.1, 0.15) is 0 Å². The molecule has 6 nitrogen and oxygen atoms in total. The average molecular weight is 256 g/mol. The summed E-state index contributed by atoms with van der Waals surface area (Å²) in [5.74, 6) is -0.556. The van der Waals surface area contributed by atoms with Gasteiger partial charge in [0, 0.05) is 28.2 Å². The van der Waals surface area contributed by atoms with Crippen LogP contribution in [0.1, 0.15) is 25.7 Å². The van der Waals surface area contributed by atoms with Gasteiger partial charge in [-0.25, -0.2) is 10.0 Å². The fourth-order valence-corrected chi connectivity index (χ4v) is 2.37. The van der Waals surface area contributed by atoms with Crippen molar-refractivity contribution in [2.24, 2.45) is 11.8 Å². The van der Waals surface area contributed by atoms with Gasteiger partial charge in [0.25, 0.3) is 0 Å². The molecule has 6 heteroatoms. The Bertz CT molecular complexity index is 274. The molecule has 1 fully saturated rings. The van der Waals surface area contributed by atoms with Crippen molar-refractivity contribution in [2.45, 2.75) is 25.7 Å². The fourth-order valence-electron chi connectivity index (χ4n) is 2.37. The first kappa shape index (κ1) is 14.9. The minimum atomic E-state index is -0.221. The number of carbonyl (C=O) groups is 2. The molecule has 104 valence electrons. The molecule has 0 aromatic heterocycles. The van der Waals surface area contributed by atoms with Crippen LogP contribution in [-0.2, 0) is 9.59 Å². The van der Waals surface area contributed by atoms with Crippen LogP contribution in [0, 0.1) is 11.8 Å². The van der Waals surface area contributed by atoms with Crippen molar-refractivity contribution < 1.29 is 9.59 Å². The van der Waals surface area contributed by atoms with Gasteiger partial charge in [-0.15, -0.1) is 0 Å². The van der Waals surface area contributed by atoms with E-state index >= 15 is 0 Å². The van der Waals surface area contributed by atoms with E-state index in [1.807, 2.05) is 0 Å². The minimum absolute atomic E-state index is 0.0568. The topological polar surface area (TPSA) is 64.7 Å². The zero-order chi connectivity index (χ0) is 13.7. The van der Waals surface area contributed by atoms with Crippen molar-refractivity contribution in [2.75, 3.05) is 28.2 Å². The maximum Gasteiger partial charge on any atom is 0.238 e. The van der Waals surface area contributed by atoms with E-state index < -0.39 is 0 Å². The highest BCUT2D eigenvalue weighted by atomic mass is 16.2. The van der Waals surface area contributed by atoms with Crippen LogP contribution in [0.25, 0.3) is 0 Å². The van der Waals surface area contributed by atoms with Crippen molar-refractivity contribution in [1.29, 1.82) is 0 Å². The molecule has 1 aliphatic rings. The van der Waals surface area contributed by atoms with Crippen molar-refractivity contribution in [3.8, 4) is 0 Å². The van der Waals surface area contributed by atoms with E-state index in [9.17, 15) is 9.59 Å². The summed E-state index contributed by atoms with van der Waals surface area (Å²) in [6.07, 6.45) is 3.59. The van der Waals surface area contributed by atoms with E-state index in [4.69, 9.17) is 0 Å². The second-order valence-corrected chi connectivity index (χ2v) is 5.24. The van der Waals surface area contributed by atoms with Crippen molar-refractivity contribution in [3.05, 3.63) is 0 Å². The van der Waals surface area contributed by atoms with E-state index in [0.717, 1.165) is 25.7 Å². The Balaban J connectivity index is 2.67. The summed E-state index contributed by atoms with van der Waals surface area (Å²) in [6, 6.07) is 0. The summed E-state index contributed by atoms with van der Waals surface area (Å²) < 4.78 is 0. The first-order valence-electron chi connectivity index (χ1n) is 6.37. The van der Waals surface area contributed by atoms with Gasteiger partial charge in [-0.2, -0.15) is 0 Å². The second kappa shape index (κ2) is 6.70. The number of carbonyl (C=O) groups excluding carboxylic acids is 2. The maximum absolute atomic E-state index is 12.1. The van der Waals surface area contributed by atoms with Crippen molar-refractivity contribution in [1.82, 2.24) is 20.9 Å². The van der Waals surface area contributed by atoms with Crippen LogP contribution in [0.3, 0.4) is 0 Å². The predicted octanol–water partition coefficient (Wildman–Crippen LogP) is -0.0216. The number of amides is 2. The second-order valence-electron chi connectivity index (χ2n) is 5.24. The minimum Gasteiger partial charge on any atom is -0.289 e. The monoisotopic (exact) mass is 256 g/mol. The molecule has 0 heterocycles. The van der Waals surface area contributed by atoms with Gasteiger partial charge in [0.05, 0.1) is 11.8 Å². The molecule has 0 radical (unpaired) electrons. The van der Waals surface area contributed by atoms with Crippen LogP contribution < -0.4 is 10.9 Å². The average Bonchev–Trinajstić information content (AvgIpc) is 2.27. The Morgan fingerprint density at radius 2 is 1.17 bits per heavy atom. The third-order valence-corrected chi connectivity index (χ3v) is 3.11. The molecule has 0 saturated heterocycles. The van der Waals surface area contributed by atoms with E-state index in [-0.39, 0.29) is 23.7 Å². The number of hydrazine groups is 2. The molecule has 0 aliphatic heterocycles. The van der Waals surface area contributed by atoms with E-state index in [1.54, 1.807) is 38.2 Å². The molecule has 0 aromatic carbocycles. The molecular formula is C12H24N4O2. The number of nitrogens with zero attached hydrogens (tertiary/aromatic N) is 2.